The van der Waals surface area contributed by atoms with E-state index in [-0.39, 0.29) is 12.7 Å². The van der Waals surface area contributed by atoms with Crippen LogP contribution < -0.4 is 0 Å². The van der Waals surface area contributed by atoms with Crippen LogP contribution in [0.25, 0.3) is 0 Å². The molecule has 1 aliphatic heterocycles. The first-order valence-corrected chi connectivity index (χ1v) is 9.19. The van der Waals surface area contributed by atoms with Crippen LogP contribution in [0, 0.1) is 0 Å². The summed E-state index contributed by atoms with van der Waals surface area (Å²) in [5, 5.41) is 9.28. The van der Waals surface area contributed by atoms with Gasteiger partial charge >= 0.3 is 0 Å². The second kappa shape index (κ2) is 11.4. The van der Waals surface area contributed by atoms with Crippen molar-refractivity contribution in [1.82, 2.24) is 0 Å². The SMILES string of the molecule is CCCCCCCC1(CCCCCCC)OCC(CO)O1. The summed E-state index contributed by atoms with van der Waals surface area (Å²) in [6.45, 7) is 5.12. The molecule has 0 amide bonds. The van der Waals surface area contributed by atoms with Crippen LogP contribution in [-0.2, 0) is 9.47 Å². The molecule has 126 valence electrons. The number of hydrogen-bond donors (Lipinski definition) is 1. The van der Waals surface area contributed by atoms with Gasteiger partial charge in [-0.1, -0.05) is 65.2 Å². The monoisotopic (exact) mass is 300 g/mol. The molecule has 21 heavy (non-hydrogen) atoms. The summed E-state index contributed by atoms with van der Waals surface area (Å²) < 4.78 is 12.0. The molecular formula is C18H36O3. The molecule has 1 heterocycles. The van der Waals surface area contributed by atoms with E-state index < -0.39 is 5.79 Å². The minimum absolute atomic E-state index is 0.0768. The molecule has 0 saturated carbocycles. The van der Waals surface area contributed by atoms with Gasteiger partial charge in [0, 0.05) is 12.8 Å². The third kappa shape index (κ3) is 7.62. The number of aliphatic hydroxyl groups excluding tert-OH is 1. The average molecular weight is 300 g/mol. The summed E-state index contributed by atoms with van der Waals surface area (Å²) in [6.07, 6.45) is 14.6. The maximum absolute atomic E-state index is 9.28. The molecule has 3 nitrogen and oxygen atoms in total. The Balaban J connectivity index is 2.29. The lowest BCUT2D eigenvalue weighted by Crippen LogP contribution is -2.31. The Bertz CT molecular complexity index is 229. The van der Waals surface area contributed by atoms with E-state index in [2.05, 4.69) is 13.8 Å². The van der Waals surface area contributed by atoms with Crippen molar-refractivity contribution < 1.29 is 14.6 Å². The quantitative estimate of drug-likeness (QED) is 0.496. The second-order valence-electron chi connectivity index (χ2n) is 6.47. The number of aliphatic hydroxyl groups is 1. The first-order valence-electron chi connectivity index (χ1n) is 9.19. The van der Waals surface area contributed by atoms with Gasteiger partial charge in [0.15, 0.2) is 5.79 Å². The van der Waals surface area contributed by atoms with Gasteiger partial charge in [0.05, 0.1) is 13.2 Å². The lowest BCUT2D eigenvalue weighted by molar-refractivity contribution is -0.182. The van der Waals surface area contributed by atoms with Gasteiger partial charge in [-0.3, -0.25) is 0 Å². The molecule has 3 heteroatoms. The van der Waals surface area contributed by atoms with Gasteiger partial charge in [-0.2, -0.15) is 0 Å². The molecule has 1 saturated heterocycles. The van der Waals surface area contributed by atoms with Crippen molar-refractivity contribution in [3.63, 3.8) is 0 Å². The van der Waals surface area contributed by atoms with Gasteiger partial charge < -0.3 is 14.6 Å². The van der Waals surface area contributed by atoms with Crippen LogP contribution in [0.2, 0.25) is 0 Å². The molecule has 1 unspecified atom stereocenters. The maximum Gasteiger partial charge on any atom is 0.169 e. The number of rotatable bonds is 13. The number of unbranched alkanes of at least 4 members (excludes halogenated alkanes) is 8. The predicted octanol–water partition coefficient (Wildman–Crippen LogP) is 4.81. The summed E-state index contributed by atoms with van der Waals surface area (Å²) in [5.74, 6) is -0.397. The topological polar surface area (TPSA) is 38.7 Å². The molecule has 1 aliphatic rings. The van der Waals surface area contributed by atoms with Crippen LogP contribution in [0.1, 0.15) is 90.9 Å². The fraction of sp³-hybridized carbons (Fsp3) is 1.00. The Hall–Kier alpha value is -0.120. The second-order valence-corrected chi connectivity index (χ2v) is 6.47. The predicted molar refractivity (Wildman–Crippen MR) is 87.4 cm³/mol. The maximum atomic E-state index is 9.28. The number of ether oxygens (including phenoxy) is 2. The van der Waals surface area contributed by atoms with E-state index in [0.29, 0.717) is 6.61 Å². The Morgan fingerprint density at radius 2 is 1.38 bits per heavy atom. The van der Waals surface area contributed by atoms with Crippen molar-refractivity contribution in [3.05, 3.63) is 0 Å². The Kier molecular flexibility index (Phi) is 10.3. The molecule has 0 aliphatic carbocycles. The molecule has 1 atom stereocenters. The third-order valence-electron chi connectivity index (χ3n) is 4.44. The zero-order valence-corrected chi connectivity index (χ0v) is 14.2. The molecule has 1 fully saturated rings. The highest BCUT2D eigenvalue weighted by Gasteiger charge is 2.40. The van der Waals surface area contributed by atoms with Gasteiger partial charge in [-0.05, 0) is 12.8 Å². The third-order valence-corrected chi connectivity index (χ3v) is 4.44. The van der Waals surface area contributed by atoms with E-state index in [4.69, 9.17) is 9.47 Å². The van der Waals surface area contributed by atoms with Crippen molar-refractivity contribution in [3.8, 4) is 0 Å². The average Bonchev–Trinajstić information content (AvgIpc) is 2.91. The van der Waals surface area contributed by atoms with Crippen LogP contribution >= 0.6 is 0 Å². The van der Waals surface area contributed by atoms with Crippen LogP contribution in [0.4, 0.5) is 0 Å². The van der Waals surface area contributed by atoms with E-state index >= 15 is 0 Å². The van der Waals surface area contributed by atoms with Crippen LogP contribution in [0.5, 0.6) is 0 Å². The molecule has 0 radical (unpaired) electrons. The highest BCUT2D eigenvalue weighted by atomic mass is 16.7. The largest absolute Gasteiger partial charge is 0.394 e. The molecule has 0 aromatic carbocycles. The normalized spacial score (nSPS) is 21.0. The van der Waals surface area contributed by atoms with Crippen LogP contribution in [0.15, 0.2) is 0 Å². The fourth-order valence-electron chi connectivity index (χ4n) is 3.09. The molecular weight excluding hydrogens is 264 g/mol. The van der Waals surface area contributed by atoms with Gasteiger partial charge in [-0.15, -0.1) is 0 Å². The zero-order chi connectivity index (χ0) is 15.4. The Labute approximate surface area is 131 Å². The smallest absolute Gasteiger partial charge is 0.169 e. The van der Waals surface area contributed by atoms with Crippen molar-refractivity contribution in [1.29, 1.82) is 0 Å². The van der Waals surface area contributed by atoms with Gasteiger partial charge in [-0.25, -0.2) is 0 Å². The summed E-state index contributed by atoms with van der Waals surface area (Å²) >= 11 is 0. The first kappa shape index (κ1) is 18.9. The lowest BCUT2D eigenvalue weighted by Gasteiger charge is -2.28. The van der Waals surface area contributed by atoms with Crippen molar-refractivity contribution in [2.24, 2.45) is 0 Å². The molecule has 0 spiro atoms. The number of hydrogen-bond acceptors (Lipinski definition) is 3. The summed E-state index contributed by atoms with van der Waals surface area (Å²) in [4.78, 5) is 0. The molecule has 0 aromatic heterocycles. The first-order chi connectivity index (χ1) is 10.3. The fourth-order valence-corrected chi connectivity index (χ4v) is 3.09. The lowest BCUT2D eigenvalue weighted by atomic mass is 9.99. The minimum atomic E-state index is -0.397. The molecule has 0 aromatic rings. The summed E-state index contributed by atoms with van der Waals surface area (Å²) in [6, 6.07) is 0. The summed E-state index contributed by atoms with van der Waals surface area (Å²) in [5.41, 5.74) is 0. The molecule has 0 bridgehead atoms. The Morgan fingerprint density at radius 1 is 0.857 bits per heavy atom. The van der Waals surface area contributed by atoms with E-state index in [9.17, 15) is 5.11 Å². The summed E-state index contributed by atoms with van der Waals surface area (Å²) in [7, 11) is 0. The van der Waals surface area contributed by atoms with Crippen LogP contribution in [0.3, 0.4) is 0 Å². The van der Waals surface area contributed by atoms with E-state index in [0.717, 1.165) is 12.8 Å². The standard InChI is InChI=1S/C18H36O3/c1-3-5-7-9-11-13-18(14-12-10-8-6-4-2)20-16-17(15-19)21-18/h17,19H,3-16H2,1-2H3. The Morgan fingerprint density at radius 3 is 1.81 bits per heavy atom. The van der Waals surface area contributed by atoms with Gasteiger partial charge in [0.2, 0.25) is 0 Å². The van der Waals surface area contributed by atoms with Gasteiger partial charge in [0.1, 0.15) is 6.10 Å². The van der Waals surface area contributed by atoms with E-state index in [1.54, 1.807) is 0 Å². The van der Waals surface area contributed by atoms with Crippen LogP contribution in [-0.4, -0.2) is 30.2 Å². The molecule has 1 rings (SSSR count). The van der Waals surface area contributed by atoms with Crippen molar-refractivity contribution in [2.75, 3.05) is 13.2 Å². The van der Waals surface area contributed by atoms with E-state index in [1.807, 2.05) is 0 Å². The van der Waals surface area contributed by atoms with Crippen molar-refractivity contribution in [2.45, 2.75) is 103 Å². The van der Waals surface area contributed by atoms with E-state index in [1.165, 1.54) is 64.2 Å². The zero-order valence-electron chi connectivity index (χ0n) is 14.2. The molecule has 1 N–H and O–H groups in total. The van der Waals surface area contributed by atoms with Crippen molar-refractivity contribution >= 4 is 0 Å². The minimum Gasteiger partial charge on any atom is -0.394 e. The highest BCUT2D eigenvalue weighted by molar-refractivity contribution is 4.79. The van der Waals surface area contributed by atoms with Gasteiger partial charge in [0.25, 0.3) is 0 Å². The highest BCUT2D eigenvalue weighted by Crippen LogP contribution is 2.34.